The fraction of sp³-hybridized carbons (Fsp3) is 0.238. The van der Waals surface area contributed by atoms with Gasteiger partial charge in [-0.2, -0.15) is 10.1 Å². The molecule has 0 saturated carbocycles. The van der Waals surface area contributed by atoms with Crippen LogP contribution in [0.15, 0.2) is 41.1 Å². The van der Waals surface area contributed by atoms with E-state index in [1.54, 1.807) is 0 Å². The summed E-state index contributed by atoms with van der Waals surface area (Å²) in [6, 6.07) is 6.58. The van der Waals surface area contributed by atoms with Gasteiger partial charge in [0.2, 0.25) is 17.6 Å². The van der Waals surface area contributed by atoms with E-state index in [1.807, 2.05) is 0 Å². The Balaban J connectivity index is 1.41. The third kappa shape index (κ3) is 3.33. The first kappa shape index (κ1) is 19.3. The van der Waals surface area contributed by atoms with Crippen LogP contribution in [-0.4, -0.2) is 32.8 Å². The highest BCUT2D eigenvalue weighted by Gasteiger charge is 2.31. The van der Waals surface area contributed by atoms with Crippen LogP contribution in [0, 0.1) is 17.5 Å². The van der Waals surface area contributed by atoms with Crippen molar-refractivity contribution < 1.29 is 22.5 Å². The summed E-state index contributed by atoms with van der Waals surface area (Å²) >= 11 is 0. The number of carbonyl (C=O) groups excluding carboxylic acids is 1. The molecule has 3 heterocycles. The van der Waals surface area contributed by atoms with E-state index in [0.717, 1.165) is 6.07 Å². The lowest BCUT2D eigenvalue weighted by Gasteiger charge is -2.21. The van der Waals surface area contributed by atoms with Gasteiger partial charge in [-0.3, -0.25) is 9.89 Å². The number of anilines is 1. The summed E-state index contributed by atoms with van der Waals surface area (Å²) in [5.41, 5.74) is 0.883. The van der Waals surface area contributed by atoms with E-state index in [9.17, 15) is 18.0 Å². The van der Waals surface area contributed by atoms with Gasteiger partial charge in [0.05, 0.1) is 22.8 Å². The zero-order chi connectivity index (χ0) is 21.5. The van der Waals surface area contributed by atoms with Crippen LogP contribution in [0.4, 0.5) is 18.9 Å². The molecule has 1 N–H and O–H groups in total. The number of nitrogens with one attached hydrogen (secondary N) is 1. The third-order valence-electron chi connectivity index (χ3n) is 5.47. The average molecular weight is 427 g/mol. The van der Waals surface area contributed by atoms with Gasteiger partial charge < -0.3 is 9.42 Å². The predicted molar refractivity (Wildman–Crippen MR) is 105 cm³/mol. The molecule has 1 aliphatic heterocycles. The fourth-order valence-electron chi connectivity index (χ4n) is 3.91. The van der Waals surface area contributed by atoms with Gasteiger partial charge >= 0.3 is 0 Å². The molecule has 1 amide bonds. The quantitative estimate of drug-likeness (QED) is 0.526. The van der Waals surface area contributed by atoms with Crippen molar-refractivity contribution in [1.29, 1.82) is 0 Å². The highest BCUT2D eigenvalue weighted by molar-refractivity contribution is 5.94. The molecule has 1 fully saturated rings. The van der Waals surface area contributed by atoms with E-state index in [0.29, 0.717) is 29.3 Å². The van der Waals surface area contributed by atoms with E-state index in [2.05, 4.69) is 20.3 Å². The van der Waals surface area contributed by atoms with Crippen molar-refractivity contribution in [3.8, 4) is 11.4 Å². The molecule has 31 heavy (non-hydrogen) atoms. The summed E-state index contributed by atoms with van der Waals surface area (Å²) < 4.78 is 47.1. The van der Waals surface area contributed by atoms with Crippen LogP contribution in [0.2, 0.25) is 0 Å². The number of H-pyrrole nitrogens is 1. The molecule has 2 aromatic heterocycles. The minimum absolute atomic E-state index is 0.0144. The average Bonchev–Trinajstić information content (AvgIpc) is 3.40. The zero-order valence-electron chi connectivity index (χ0n) is 16.1. The summed E-state index contributed by atoms with van der Waals surface area (Å²) in [6.07, 6.45) is 2.49. The van der Waals surface area contributed by atoms with Crippen molar-refractivity contribution in [2.45, 2.75) is 25.2 Å². The lowest BCUT2D eigenvalue weighted by atomic mass is 10.0. The monoisotopic (exact) mass is 427 g/mol. The Morgan fingerprint density at radius 1 is 1.13 bits per heavy atom. The number of nitrogens with zero attached hydrogens (tertiary/aromatic N) is 4. The molecule has 4 aromatic rings. The van der Waals surface area contributed by atoms with Crippen LogP contribution in [0.3, 0.4) is 0 Å². The maximum atomic E-state index is 14.2. The SMILES string of the molecule is O=C1CC(c2nc(-c3ccc(F)c4cn[nH]c34)no2)CCCN1c1cccc(F)c1F. The van der Waals surface area contributed by atoms with Gasteiger partial charge in [0.1, 0.15) is 5.82 Å². The van der Waals surface area contributed by atoms with Crippen LogP contribution in [0.1, 0.15) is 31.1 Å². The van der Waals surface area contributed by atoms with Crippen LogP contribution in [0.25, 0.3) is 22.3 Å². The van der Waals surface area contributed by atoms with Gasteiger partial charge in [-0.1, -0.05) is 11.2 Å². The summed E-state index contributed by atoms with van der Waals surface area (Å²) in [4.78, 5) is 18.5. The molecule has 0 aliphatic carbocycles. The Hall–Kier alpha value is -3.69. The van der Waals surface area contributed by atoms with Gasteiger partial charge in [-0.15, -0.1) is 0 Å². The molecule has 1 aliphatic rings. The molecule has 5 rings (SSSR count). The van der Waals surface area contributed by atoms with E-state index in [-0.39, 0.29) is 42.2 Å². The van der Waals surface area contributed by atoms with Crippen LogP contribution < -0.4 is 4.90 Å². The number of fused-ring (bicyclic) bond motifs is 1. The maximum Gasteiger partial charge on any atom is 0.230 e. The molecule has 7 nitrogen and oxygen atoms in total. The lowest BCUT2D eigenvalue weighted by Crippen LogP contribution is -2.31. The van der Waals surface area contributed by atoms with Crippen molar-refractivity contribution in [1.82, 2.24) is 20.3 Å². The molecule has 0 spiro atoms. The summed E-state index contributed by atoms with van der Waals surface area (Å²) in [6.45, 7) is 0.253. The summed E-state index contributed by atoms with van der Waals surface area (Å²) in [7, 11) is 0. The highest BCUT2D eigenvalue weighted by atomic mass is 19.2. The molecule has 0 bridgehead atoms. The first-order valence-electron chi connectivity index (χ1n) is 9.73. The maximum absolute atomic E-state index is 14.2. The van der Waals surface area contributed by atoms with Crippen LogP contribution in [-0.2, 0) is 4.79 Å². The van der Waals surface area contributed by atoms with Gasteiger partial charge in [0.25, 0.3) is 0 Å². The summed E-state index contributed by atoms with van der Waals surface area (Å²) in [5.74, 6) is -2.69. The lowest BCUT2D eigenvalue weighted by molar-refractivity contribution is -0.118. The van der Waals surface area contributed by atoms with Gasteiger partial charge in [0, 0.05) is 24.4 Å². The Kier molecular flexibility index (Phi) is 4.68. The second-order valence-electron chi connectivity index (χ2n) is 7.37. The minimum Gasteiger partial charge on any atom is -0.339 e. The molecular formula is C21H16F3N5O2. The molecule has 0 radical (unpaired) electrons. The van der Waals surface area contributed by atoms with Crippen molar-refractivity contribution in [3.63, 3.8) is 0 Å². The number of benzene rings is 2. The van der Waals surface area contributed by atoms with Crippen molar-refractivity contribution >= 4 is 22.5 Å². The number of rotatable bonds is 3. The van der Waals surface area contributed by atoms with E-state index in [4.69, 9.17) is 4.52 Å². The van der Waals surface area contributed by atoms with Crippen molar-refractivity contribution in [2.75, 3.05) is 11.4 Å². The number of carbonyl (C=O) groups is 1. The molecular weight excluding hydrogens is 411 g/mol. The van der Waals surface area contributed by atoms with Crippen LogP contribution >= 0.6 is 0 Å². The van der Waals surface area contributed by atoms with Crippen LogP contribution in [0.5, 0.6) is 0 Å². The minimum atomic E-state index is -1.05. The van der Waals surface area contributed by atoms with E-state index >= 15 is 0 Å². The Labute approximate surface area is 173 Å². The third-order valence-corrected chi connectivity index (χ3v) is 5.47. The predicted octanol–water partition coefficient (Wildman–Crippen LogP) is 4.33. The Bertz CT molecular complexity index is 1290. The molecule has 2 aromatic carbocycles. The first-order chi connectivity index (χ1) is 15.0. The number of amides is 1. The largest absolute Gasteiger partial charge is 0.339 e. The molecule has 10 heteroatoms. The molecule has 1 atom stereocenters. The fourth-order valence-corrected chi connectivity index (χ4v) is 3.91. The summed E-state index contributed by atoms with van der Waals surface area (Å²) in [5, 5.41) is 10.9. The molecule has 1 unspecified atom stereocenters. The highest BCUT2D eigenvalue weighted by Crippen LogP contribution is 2.33. The van der Waals surface area contributed by atoms with Gasteiger partial charge in [-0.25, -0.2) is 13.2 Å². The normalized spacial score (nSPS) is 17.3. The topological polar surface area (TPSA) is 87.9 Å². The van der Waals surface area contributed by atoms with E-state index in [1.165, 1.54) is 35.4 Å². The molecule has 1 saturated heterocycles. The van der Waals surface area contributed by atoms with Crippen molar-refractivity contribution in [3.05, 3.63) is 59.9 Å². The number of hydrogen-bond donors (Lipinski definition) is 1. The first-order valence-corrected chi connectivity index (χ1v) is 9.73. The van der Waals surface area contributed by atoms with Gasteiger partial charge in [0.15, 0.2) is 11.6 Å². The Morgan fingerprint density at radius 3 is 2.87 bits per heavy atom. The van der Waals surface area contributed by atoms with Gasteiger partial charge in [-0.05, 0) is 37.1 Å². The number of aromatic amines is 1. The standard InChI is InChI=1S/C21H16F3N5O2/c22-14-7-6-12(19-13(14)10-25-27-19)20-26-21(31-28-20)11-3-2-8-29(17(30)9-11)16-5-1-4-15(23)18(16)24/h1,4-7,10-11H,2-3,8-9H2,(H,25,27). The van der Waals surface area contributed by atoms with E-state index < -0.39 is 17.5 Å². The number of hydrogen-bond acceptors (Lipinski definition) is 5. The molecule has 158 valence electrons. The number of aromatic nitrogens is 4. The van der Waals surface area contributed by atoms with Crippen molar-refractivity contribution in [2.24, 2.45) is 0 Å². The second kappa shape index (κ2) is 7.53. The number of halogens is 3. The zero-order valence-corrected chi connectivity index (χ0v) is 16.1. The Morgan fingerprint density at radius 2 is 2.00 bits per heavy atom. The second-order valence-corrected chi connectivity index (χ2v) is 7.37. The smallest absolute Gasteiger partial charge is 0.230 e.